The van der Waals surface area contributed by atoms with Crippen LogP contribution in [0.5, 0.6) is 0 Å². The third-order valence-electron chi connectivity index (χ3n) is 3.19. The van der Waals surface area contributed by atoms with Gasteiger partial charge in [0.25, 0.3) is 0 Å². The first-order valence-corrected chi connectivity index (χ1v) is 6.04. The Morgan fingerprint density at radius 3 is 2.80 bits per heavy atom. The summed E-state index contributed by atoms with van der Waals surface area (Å²) in [5, 5.41) is 12.6. The van der Waals surface area contributed by atoms with E-state index in [4.69, 9.17) is 4.74 Å². The molecule has 1 aliphatic rings. The predicted octanol–water partition coefficient (Wildman–Crippen LogP) is 2.23. The van der Waals surface area contributed by atoms with Crippen LogP contribution in [-0.2, 0) is 4.74 Å². The van der Waals surface area contributed by atoms with Gasteiger partial charge in [0, 0.05) is 13.2 Å². The van der Waals surface area contributed by atoms with Crippen molar-refractivity contribution in [1.82, 2.24) is 5.32 Å². The largest absolute Gasteiger partial charge is 0.377 e. The van der Waals surface area contributed by atoms with Crippen molar-refractivity contribution < 1.29 is 4.74 Å². The Bertz CT molecular complexity index is 218. The average Bonchev–Trinajstić information content (AvgIpc) is 2.77. The lowest BCUT2D eigenvalue weighted by molar-refractivity contribution is 0.103. The molecule has 1 heterocycles. The van der Waals surface area contributed by atoms with Gasteiger partial charge in [-0.15, -0.1) is 0 Å². The van der Waals surface area contributed by atoms with Gasteiger partial charge in [-0.3, -0.25) is 5.32 Å². The Labute approximate surface area is 92.8 Å². The van der Waals surface area contributed by atoms with E-state index in [0.717, 1.165) is 45.3 Å². The lowest BCUT2D eigenvalue weighted by Gasteiger charge is -2.27. The molecule has 0 aromatic heterocycles. The summed E-state index contributed by atoms with van der Waals surface area (Å²) in [6.07, 6.45) is 5.44. The van der Waals surface area contributed by atoms with Crippen LogP contribution in [-0.4, -0.2) is 24.8 Å². The highest BCUT2D eigenvalue weighted by atomic mass is 16.5. The third kappa shape index (κ3) is 3.48. The van der Waals surface area contributed by atoms with E-state index < -0.39 is 0 Å². The van der Waals surface area contributed by atoms with Gasteiger partial charge in [-0.2, -0.15) is 5.26 Å². The molecule has 3 heteroatoms. The van der Waals surface area contributed by atoms with E-state index in [1.54, 1.807) is 0 Å². The molecular formula is C12H22N2O. The van der Waals surface area contributed by atoms with Gasteiger partial charge in [0.05, 0.1) is 12.2 Å². The summed E-state index contributed by atoms with van der Waals surface area (Å²) in [7, 11) is 0. The molecule has 1 saturated heterocycles. The minimum absolute atomic E-state index is 0.320. The molecule has 0 aromatic rings. The second-order valence-corrected chi connectivity index (χ2v) is 4.31. The minimum atomic E-state index is -0.333. The van der Waals surface area contributed by atoms with E-state index in [2.05, 4.69) is 25.2 Å². The number of nitrogens with one attached hydrogen (secondary N) is 1. The quantitative estimate of drug-likeness (QED) is 0.731. The number of nitrogens with zero attached hydrogens (tertiary/aromatic N) is 1. The molecule has 3 nitrogen and oxygen atoms in total. The third-order valence-corrected chi connectivity index (χ3v) is 3.19. The van der Waals surface area contributed by atoms with E-state index >= 15 is 0 Å². The van der Waals surface area contributed by atoms with Crippen molar-refractivity contribution in [3.05, 3.63) is 0 Å². The summed E-state index contributed by atoms with van der Waals surface area (Å²) >= 11 is 0. The normalized spacial score (nSPS) is 24.7. The number of nitriles is 1. The second kappa shape index (κ2) is 6.09. The van der Waals surface area contributed by atoms with E-state index in [0.29, 0.717) is 6.10 Å². The molecule has 86 valence electrons. The Morgan fingerprint density at radius 1 is 1.53 bits per heavy atom. The zero-order valence-corrected chi connectivity index (χ0v) is 9.88. The standard InChI is InChI=1S/C12H22N2O/c1-3-7-12(4-2,10-13)14-9-11-6-5-8-15-11/h11,14H,3-9H2,1-2H3. The molecule has 0 spiro atoms. The molecule has 2 atom stereocenters. The van der Waals surface area contributed by atoms with Gasteiger partial charge in [0.1, 0.15) is 5.54 Å². The number of rotatable bonds is 6. The van der Waals surface area contributed by atoms with E-state index in [9.17, 15) is 5.26 Å². The lowest BCUT2D eigenvalue weighted by atomic mass is 9.92. The first-order valence-electron chi connectivity index (χ1n) is 6.04. The van der Waals surface area contributed by atoms with E-state index in [-0.39, 0.29) is 5.54 Å². The smallest absolute Gasteiger partial charge is 0.106 e. The first-order chi connectivity index (χ1) is 7.26. The van der Waals surface area contributed by atoms with Gasteiger partial charge < -0.3 is 4.74 Å². The predicted molar refractivity (Wildman–Crippen MR) is 60.5 cm³/mol. The van der Waals surface area contributed by atoms with Crippen LogP contribution in [0.4, 0.5) is 0 Å². The maximum Gasteiger partial charge on any atom is 0.106 e. The highest BCUT2D eigenvalue weighted by Crippen LogP contribution is 2.18. The fourth-order valence-electron chi connectivity index (χ4n) is 2.11. The molecule has 0 aliphatic carbocycles. The summed E-state index contributed by atoms with van der Waals surface area (Å²) in [6, 6.07) is 2.42. The van der Waals surface area contributed by atoms with Gasteiger partial charge >= 0.3 is 0 Å². The van der Waals surface area contributed by atoms with E-state index in [1.165, 1.54) is 0 Å². The molecule has 0 amide bonds. The summed E-state index contributed by atoms with van der Waals surface area (Å²) in [5.41, 5.74) is -0.333. The van der Waals surface area contributed by atoms with Crippen molar-refractivity contribution >= 4 is 0 Å². The zero-order chi connectivity index (χ0) is 11.1. The van der Waals surface area contributed by atoms with E-state index in [1.807, 2.05) is 0 Å². The highest BCUT2D eigenvalue weighted by Gasteiger charge is 2.28. The van der Waals surface area contributed by atoms with Crippen molar-refractivity contribution in [2.75, 3.05) is 13.2 Å². The van der Waals surface area contributed by atoms with Crippen molar-refractivity contribution in [2.45, 2.75) is 57.6 Å². The molecule has 0 radical (unpaired) electrons. The molecular weight excluding hydrogens is 188 g/mol. The summed E-state index contributed by atoms with van der Waals surface area (Å²) in [4.78, 5) is 0. The molecule has 0 saturated carbocycles. The summed E-state index contributed by atoms with van der Waals surface area (Å²) in [6.45, 7) is 5.89. The first kappa shape index (κ1) is 12.5. The molecule has 15 heavy (non-hydrogen) atoms. The van der Waals surface area contributed by atoms with Crippen LogP contribution >= 0.6 is 0 Å². The Morgan fingerprint density at radius 2 is 2.33 bits per heavy atom. The average molecular weight is 210 g/mol. The second-order valence-electron chi connectivity index (χ2n) is 4.31. The van der Waals surface area contributed by atoms with Crippen molar-refractivity contribution in [3.8, 4) is 6.07 Å². The topological polar surface area (TPSA) is 45.0 Å². The van der Waals surface area contributed by atoms with Crippen LogP contribution in [0.1, 0.15) is 46.0 Å². The highest BCUT2D eigenvalue weighted by molar-refractivity contribution is 5.06. The van der Waals surface area contributed by atoms with Crippen LogP contribution in [0.3, 0.4) is 0 Å². The molecule has 1 fully saturated rings. The summed E-state index contributed by atoms with van der Waals surface area (Å²) in [5.74, 6) is 0. The number of hydrogen-bond acceptors (Lipinski definition) is 3. The van der Waals surface area contributed by atoms with Gasteiger partial charge in [-0.1, -0.05) is 20.3 Å². The molecule has 0 bridgehead atoms. The Kier molecular flexibility index (Phi) is 5.07. The van der Waals surface area contributed by atoms with Gasteiger partial charge in [0.15, 0.2) is 0 Å². The SMILES string of the molecule is CCCC(C#N)(CC)NCC1CCCO1. The number of hydrogen-bond donors (Lipinski definition) is 1. The maximum atomic E-state index is 9.23. The summed E-state index contributed by atoms with van der Waals surface area (Å²) < 4.78 is 5.54. The fraction of sp³-hybridized carbons (Fsp3) is 0.917. The van der Waals surface area contributed by atoms with Gasteiger partial charge in [-0.25, -0.2) is 0 Å². The van der Waals surface area contributed by atoms with Crippen LogP contribution in [0.25, 0.3) is 0 Å². The molecule has 1 N–H and O–H groups in total. The van der Waals surface area contributed by atoms with Crippen LogP contribution in [0, 0.1) is 11.3 Å². The van der Waals surface area contributed by atoms with Gasteiger partial charge in [-0.05, 0) is 25.7 Å². The van der Waals surface area contributed by atoms with Crippen LogP contribution < -0.4 is 5.32 Å². The minimum Gasteiger partial charge on any atom is -0.377 e. The zero-order valence-electron chi connectivity index (χ0n) is 9.88. The monoisotopic (exact) mass is 210 g/mol. The maximum absolute atomic E-state index is 9.23. The fourth-order valence-corrected chi connectivity index (χ4v) is 2.11. The lowest BCUT2D eigenvalue weighted by Crippen LogP contribution is -2.46. The van der Waals surface area contributed by atoms with Crippen molar-refractivity contribution in [1.29, 1.82) is 5.26 Å². The van der Waals surface area contributed by atoms with Crippen molar-refractivity contribution in [3.63, 3.8) is 0 Å². The number of ether oxygens (including phenoxy) is 1. The van der Waals surface area contributed by atoms with Crippen molar-refractivity contribution in [2.24, 2.45) is 0 Å². The van der Waals surface area contributed by atoms with Crippen LogP contribution in [0.2, 0.25) is 0 Å². The van der Waals surface area contributed by atoms with Crippen LogP contribution in [0.15, 0.2) is 0 Å². The molecule has 0 aromatic carbocycles. The Balaban J connectivity index is 2.39. The van der Waals surface area contributed by atoms with Gasteiger partial charge in [0.2, 0.25) is 0 Å². The molecule has 1 aliphatic heterocycles. The Hall–Kier alpha value is -0.590. The molecule has 1 rings (SSSR count). The molecule has 2 unspecified atom stereocenters.